The SMILES string of the molecule is COc1ccc(CN(C)CC(F)F)cc1C(=N)N. The number of hydrogen-bond acceptors (Lipinski definition) is 3. The molecule has 0 saturated heterocycles. The van der Waals surface area contributed by atoms with Crippen LogP contribution in [0.15, 0.2) is 18.2 Å². The summed E-state index contributed by atoms with van der Waals surface area (Å²) in [5.74, 6) is 0.396. The highest BCUT2D eigenvalue weighted by Gasteiger charge is 2.11. The van der Waals surface area contributed by atoms with Crippen LogP contribution in [0, 0.1) is 5.41 Å². The largest absolute Gasteiger partial charge is 0.496 e. The van der Waals surface area contributed by atoms with E-state index in [2.05, 4.69) is 0 Å². The van der Waals surface area contributed by atoms with Gasteiger partial charge in [-0.1, -0.05) is 6.07 Å². The van der Waals surface area contributed by atoms with Gasteiger partial charge in [-0.15, -0.1) is 0 Å². The molecule has 0 heterocycles. The average Bonchev–Trinajstić information content (AvgIpc) is 2.27. The van der Waals surface area contributed by atoms with Crippen molar-refractivity contribution in [2.24, 2.45) is 5.73 Å². The number of nitrogens with one attached hydrogen (secondary N) is 1. The predicted molar refractivity (Wildman–Crippen MR) is 66.3 cm³/mol. The summed E-state index contributed by atoms with van der Waals surface area (Å²) in [6, 6.07) is 5.14. The normalized spacial score (nSPS) is 11.0. The first-order valence-electron chi connectivity index (χ1n) is 5.42. The van der Waals surface area contributed by atoms with Crippen molar-refractivity contribution in [1.82, 2.24) is 4.90 Å². The van der Waals surface area contributed by atoms with E-state index in [1.54, 1.807) is 25.2 Å². The van der Waals surface area contributed by atoms with Crippen LogP contribution >= 0.6 is 0 Å². The number of nitrogen functional groups attached to an aromatic ring is 1. The molecule has 0 aliphatic carbocycles. The molecule has 0 aliphatic heterocycles. The molecule has 0 atom stereocenters. The van der Waals surface area contributed by atoms with E-state index in [9.17, 15) is 8.78 Å². The molecule has 0 unspecified atom stereocenters. The Morgan fingerprint density at radius 3 is 2.67 bits per heavy atom. The van der Waals surface area contributed by atoms with Crippen LogP contribution in [0.2, 0.25) is 0 Å². The first-order chi connectivity index (χ1) is 8.43. The van der Waals surface area contributed by atoms with Crippen LogP contribution in [0.3, 0.4) is 0 Å². The zero-order valence-corrected chi connectivity index (χ0v) is 10.4. The molecule has 18 heavy (non-hydrogen) atoms. The second-order valence-corrected chi connectivity index (χ2v) is 4.04. The number of methoxy groups -OCH3 is 1. The summed E-state index contributed by atoms with van der Waals surface area (Å²) in [5.41, 5.74) is 6.72. The van der Waals surface area contributed by atoms with Gasteiger partial charge in [-0.05, 0) is 24.7 Å². The molecule has 1 aromatic carbocycles. The fourth-order valence-electron chi connectivity index (χ4n) is 1.68. The quantitative estimate of drug-likeness (QED) is 0.602. The van der Waals surface area contributed by atoms with E-state index in [1.807, 2.05) is 0 Å². The molecule has 0 spiro atoms. The number of nitrogens with two attached hydrogens (primary N) is 1. The molecule has 1 rings (SSSR count). The number of amidine groups is 1. The Hall–Kier alpha value is -1.69. The molecule has 100 valence electrons. The fraction of sp³-hybridized carbons (Fsp3) is 0.417. The summed E-state index contributed by atoms with van der Waals surface area (Å²) in [4.78, 5) is 1.51. The summed E-state index contributed by atoms with van der Waals surface area (Å²) in [5, 5.41) is 7.44. The Morgan fingerprint density at radius 1 is 1.50 bits per heavy atom. The summed E-state index contributed by atoms with van der Waals surface area (Å²) >= 11 is 0. The van der Waals surface area contributed by atoms with Crippen molar-refractivity contribution in [2.75, 3.05) is 20.7 Å². The molecule has 1 aromatic rings. The lowest BCUT2D eigenvalue weighted by molar-refractivity contribution is 0.0975. The number of nitrogens with zero attached hydrogens (tertiary/aromatic N) is 1. The zero-order chi connectivity index (χ0) is 13.7. The molecule has 0 amide bonds. The Morgan fingerprint density at radius 2 is 2.17 bits per heavy atom. The van der Waals surface area contributed by atoms with Gasteiger partial charge < -0.3 is 10.5 Å². The maximum atomic E-state index is 12.2. The van der Waals surface area contributed by atoms with Crippen molar-refractivity contribution in [1.29, 1.82) is 5.41 Å². The number of rotatable bonds is 6. The fourth-order valence-corrected chi connectivity index (χ4v) is 1.68. The summed E-state index contributed by atoms with van der Waals surface area (Å²) in [6.45, 7) is 0.0794. The third-order valence-electron chi connectivity index (χ3n) is 2.46. The number of halogens is 2. The molecule has 0 radical (unpaired) electrons. The van der Waals surface area contributed by atoms with Gasteiger partial charge in [0, 0.05) is 6.54 Å². The Bertz CT molecular complexity index is 424. The molecule has 4 nitrogen and oxygen atoms in total. The van der Waals surface area contributed by atoms with Crippen molar-refractivity contribution in [2.45, 2.75) is 13.0 Å². The van der Waals surface area contributed by atoms with Crippen LogP contribution in [-0.2, 0) is 6.54 Å². The summed E-state index contributed by atoms with van der Waals surface area (Å²) < 4.78 is 29.5. The highest BCUT2D eigenvalue weighted by atomic mass is 19.3. The van der Waals surface area contributed by atoms with E-state index in [-0.39, 0.29) is 12.4 Å². The summed E-state index contributed by atoms with van der Waals surface area (Å²) in [6.07, 6.45) is -2.36. The Labute approximate surface area is 105 Å². The van der Waals surface area contributed by atoms with Crippen LogP contribution in [0.1, 0.15) is 11.1 Å². The smallest absolute Gasteiger partial charge is 0.251 e. The minimum absolute atomic E-state index is 0.106. The average molecular weight is 257 g/mol. The third-order valence-corrected chi connectivity index (χ3v) is 2.46. The maximum absolute atomic E-state index is 12.2. The molecular weight excluding hydrogens is 240 g/mol. The lowest BCUT2D eigenvalue weighted by Gasteiger charge is -2.17. The summed E-state index contributed by atoms with van der Waals surface area (Å²) in [7, 11) is 3.11. The molecule has 6 heteroatoms. The van der Waals surface area contributed by atoms with Gasteiger partial charge in [0.25, 0.3) is 6.43 Å². The minimum atomic E-state index is -2.36. The zero-order valence-electron chi connectivity index (χ0n) is 10.4. The van der Waals surface area contributed by atoms with Gasteiger partial charge in [-0.3, -0.25) is 10.3 Å². The molecular formula is C12H17F2N3O. The monoisotopic (exact) mass is 257 g/mol. The maximum Gasteiger partial charge on any atom is 0.251 e. The van der Waals surface area contributed by atoms with Gasteiger partial charge in [-0.25, -0.2) is 8.78 Å². The van der Waals surface area contributed by atoms with E-state index >= 15 is 0 Å². The van der Waals surface area contributed by atoms with Crippen LogP contribution in [0.4, 0.5) is 8.78 Å². The number of benzene rings is 1. The van der Waals surface area contributed by atoms with E-state index in [4.69, 9.17) is 15.9 Å². The lowest BCUT2D eigenvalue weighted by Crippen LogP contribution is -2.24. The topological polar surface area (TPSA) is 62.3 Å². The van der Waals surface area contributed by atoms with E-state index in [1.165, 1.54) is 12.0 Å². The van der Waals surface area contributed by atoms with Crippen molar-refractivity contribution in [3.8, 4) is 5.75 Å². The first kappa shape index (κ1) is 14.4. The van der Waals surface area contributed by atoms with Crippen molar-refractivity contribution >= 4 is 5.84 Å². The van der Waals surface area contributed by atoms with Crippen molar-refractivity contribution < 1.29 is 13.5 Å². The van der Waals surface area contributed by atoms with Gasteiger partial charge in [0.2, 0.25) is 0 Å². The van der Waals surface area contributed by atoms with E-state index in [0.29, 0.717) is 17.9 Å². The first-order valence-corrected chi connectivity index (χ1v) is 5.42. The minimum Gasteiger partial charge on any atom is -0.496 e. The third kappa shape index (κ3) is 3.96. The van der Waals surface area contributed by atoms with E-state index in [0.717, 1.165) is 5.56 Å². The molecule has 0 aliphatic rings. The molecule has 0 saturated carbocycles. The van der Waals surface area contributed by atoms with Gasteiger partial charge in [-0.2, -0.15) is 0 Å². The highest BCUT2D eigenvalue weighted by molar-refractivity contribution is 5.97. The van der Waals surface area contributed by atoms with Crippen molar-refractivity contribution in [3.05, 3.63) is 29.3 Å². The van der Waals surface area contributed by atoms with Gasteiger partial charge in [0.05, 0.1) is 19.2 Å². The highest BCUT2D eigenvalue weighted by Crippen LogP contribution is 2.20. The van der Waals surface area contributed by atoms with Crippen LogP contribution in [-0.4, -0.2) is 37.9 Å². The second kappa shape index (κ2) is 6.30. The lowest BCUT2D eigenvalue weighted by atomic mass is 10.1. The number of alkyl halides is 2. The van der Waals surface area contributed by atoms with Crippen molar-refractivity contribution in [3.63, 3.8) is 0 Å². The Kier molecular flexibility index (Phi) is 5.03. The molecule has 0 aromatic heterocycles. The Balaban J connectivity index is 2.85. The number of hydrogen-bond donors (Lipinski definition) is 2. The van der Waals surface area contributed by atoms with E-state index < -0.39 is 6.43 Å². The molecule has 0 bridgehead atoms. The second-order valence-electron chi connectivity index (χ2n) is 4.04. The van der Waals surface area contributed by atoms with Gasteiger partial charge >= 0.3 is 0 Å². The standard InChI is InChI=1S/C12H17F2N3O/c1-17(7-11(13)14)6-8-3-4-10(18-2)9(5-8)12(15)16/h3-5,11H,6-7H2,1-2H3,(H3,15,16). The van der Waals surface area contributed by atoms with Crippen LogP contribution in [0.5, 0.6) is 5.75 Å². The van der Waals surface area contributed by atoms with Crippen LogP contribution < -0.4 is 10.5 Å². The van der Waals surface area contributed by atoms with Crippen LogP contribution in [0.25, 0.3) is 0 Å². The molecule has 3 N–H and O–H groups in total. The van der Waals surface area contributed by atoms with Gasteiger partial charge in [0.1, 0.15) is 11.6 Å². The number of ether oxygens (including phenoxy) is 1. The molecule has 0 fully saturated rings. The predicted octanol–water partition coefficient (Wildman–Crippen LogP) is 1.68. The van der Waals surface area contributed by atoms with Gasteiger partial charge in [0.15, 0.2) is 0 Å².